The molecule has 0 aliphatic rings. The van der Waals surface area contributed by atoms with Gasteiger partial charge in [0, 0.05) is 23.6 Å². The van der Waals surface area contributed by atoms with E-state index in [1.165, 1.54) is 5.56 Å². The van der Waals surface area contributed by atoms with Gasteiger partial charge in [-0.15, -0.1) is 0 Å². The minimum absolute atomic E-state index is 0.132. The molecule has 18 heavy (non-hydrogen) atoms. The second kappa shape index (κ2) is 8.57. The monoisotopic (exact) mass is 266 g/mol. The van der Waals surface area contributed by atoms with Crippen LogP contribution >= 0.6 is 11.8 Å². The van der Waals surface area contributed by atoms with Gasteiger partial charge in [0.05, 0.1) is 0 Å². The fourth-order valence-corrected chi connectivity index (χ4v) is 3.06. The predicted molar refractivity (Wildman–Crippen MR) is 83.1 cm³/mol. The van der Waals surface area contributed by atoms with Crippen LogP contribution in [-0.4, -0.2) is 35.5 Å². The van der Waals surface area contributed by atoms with Crippen molar-refractivity contribution < 1.29 is 0 Å². The van der Waals surface area contributed by atoms with Crippen molar-refractivity contribution in [2.24, 2.45) is 5.73 Å². The minimum Gasteiger partial charge on any atom is -0.323 e. The molecule has 2 atom stereocenters. The van der Waals surface area contributed by atoms with Gasteiger partial charge in [-0.2, -0.15) is 11.8 Å². The van der Waals surface area contributed by atoms with Crippen LogP contribution in [0.2, 0.25) is 0 Å². The van der Waals surface area contributed by atoms with Gasteiger partial charge in [-0.25, -0.2) is 0 Å². The molecule has 0 saturated carbocycles. The maximum atomic E-state index is 6.29. The third kappa shape index (κ3) is 5.01. The van der Waals surface area contributed by atoms with Crippen LogP contribution in [0.5, 0.6) is 0 Å². The Balaban J connectivity index is 2.34. The first-order valence-corrected chi connectivity index (χ1v) is 7.88. The highest BCUT2D eigenvalue weighted by molar-refractivity contribution is 7.99. The Morgan fingerprint density at radius 3 is 2.33 bits per heavy atom. The molecule has 3 heteroatoms. The third-order valence-corrected chi connectivity index (χ3v) is 4.61. The highest BCUT2D eigenvalue weighted by Gasteiger charge is 2.14. The SMILES string of the molecule is CCN(CC)CCSC(C)C(N)c1ccccc1. The molecular weight excluding hydrogens is 240 g/mol. The number of nitrogens with zero attached hydrogens (tertiary/aromatic N) is 1. The van der Waals surface area contributed by atoms with Crippen LogP contribution in [-0.2, 0) is 0 Å². The molecule has 1 aromatic carbocycles. The smallest absolute Gasteiger partial charge is 0.0412 e. The van der Waals surface area contributed by atoms with Crippen LogP contribution in [0.15, 0.2) is 30.3 Å². The zero-order valence-corrected chi connectivity index (χ0v) is 12.6. The lowest BCUT2D eigenvalue weighted by molar-refractivity contribution is 0.323. The average Bonchev–Trinajstić information content (AvgIpc) is 2.43. The fourth-order valence-electron chi connectivity index (χ4n) is 1.96. The quantitative estimate of drug-likeness (QED) is 0.784. The van der Waals surface area contributed by atoms with Crippen LogP contribution in [0.1, 0.15) is 32.4 Å². The maximum absolute atomic E-state index is 6.29. The summed E-state index contributed by atoms with van der Waals surface area (Å²) in [7, 11) is 0. The first-order valence-electron chi connectivity index (χ1n) is 6.83. The van der Waals surface area contributed by atoms with E-state index in [0.717, 1.165) is 25.4 Å². The molecule has 0 aliphatic carbocycles. The summed E-state index contributed by atoms with van der Waals surface area (Å²) >= 11 is 1.97. The summed E-state index contributed by atoms with van der Waals surface area (Å²) in [6, 6.07) is 10.5. The number of rotatable bonds is 8. The molecule has 0 fully saturated rings. The lowest BCUT2D eigenvalue weighted by Gasteiger charge is -2.22. The number of hydrogen-bond donors (Lipinski definition) is 1. The van der Waals surface area contributed by atoms with Gasteiger partial charge in [-0.3, -0.25) is 0 Å². The Hall–Kier alpha value is -0.510. The Kier molecular flexibility index (Phi) is 7.40. The zero-order chi connectivity index (χ0) is 13.4. The third-order valence-electron chi connectivity index (χ3n) is 3.37. The van der Waals surface area contributed by atoms with Crippen molar-refractivity contribution in [3.8, 4) is 0 Å². The summed E-state index contributed by atoms with van der Waals surface area (Å²) in [5.74, 6) is 1.16. The fraction of sp³-hybridized carbons (Fsp3) is 0.600. The molecule has 0 aliphatic heterocycles. The van der Waals surface area contributed by atoms with Crippen LogP contribution in [0.3, 0.4) is 0 Å². The van der Waals surface area contributed by atoms with Crippen LogP contribution in [0.25, 0.3) is 0 Å². The first-order chi connectivity index (χ1) is 8.69. The molecule has 2 unspecified atom stereocenters. The van der Waals surface area contributed by atoms with Crippen molar-refractivity contribution in [3.05, 3.63) is 35.9 Å². The highest BCUT2D eigenvalue weighted by atomic mass is 32.2. The van der Waals surface area contributed by atoms with Gasteiger partial charge in [0.2, 0.25) is 0 Å². The lowest BCUT2D eigenvalue weighted by Crippen LogP contribution is -2.27. The number of hydrogen-bond acceptors (Lipinski definition) is 3. The summed E-state index contributed by atoms with van der Waals surface area (Å²) in [6.07, 6.45) is 0. The summed E-state index contributed by atoms with van der Waals surface area (Å²) in [6.45, 7) is 10.1. The zero-order valence-electron chi connectivity index (χ0n) is 11.8. The molecule has 0 saturated heterocycles. The van der Waals surface area contributed by atoms with Crippen molar-refractivity contribution in [1.29, 1.82) is 0 Å². The van der Waals surface area contributed by atoms with Crippen LogP contribution < -0.4 is 5.73 Å². The van der Waals surface area contributed by atoms with Gasteiger partial charge in [0.1, 0.15) is 0 Å². The van der Waals surface area contributed by atoms with Crippen molar-refractivity contribution in [2.75, 3.05) is 25.4 Å². The van der Waals surface area contributed by atoms with Gasteiger partial charge < -0.3 is 10.6 Å². The molecule has 0 spiro atoms. The Morgan fingerprint density at radius 2 is 1.78 bits per heavy atom. The van der Waals surface area contributed by atoms with Gasteiger partial charge in [0.25, 0.3) is 0 Å². The molecule has 0 aromatic heterocycles. The van der Waals surface area contributed by atoms with Crippen LogP contribution in [0, 0.1) is 0 Å². The normalized spacial score (nSPS) is 14.7. The van der Waals surface area contributed by atoms with Crippen molar-refractivity contribution in [1.82, 2.24) is 4.90 Å². The molecule has 0 radical (unpaired) electrons. The van der Waals surface area contributed by atoms with Crippen molar-refractivity contribution >= 4 is 11.8 Å². The van der Waals surface area contributed by atoms with E-state index < -0.39 is 0 Å². The largest absolute Gasteiger partial charge is 0.323 e. The molecule has 102 valence electrons. The first kappa shape index (κ1) is 15.5. The van der Waals surface area contributed by atoms with Crippen LogP contribution in [0.4, 0.5) is 0 Å². The number of nitrogens with two attached hydrogens (primary N) is 1. The van der Waals surface area contributed by atoms with Gasteiger partial charge in [0.15, 0.2) is 0 Å². The number of benzene rings is 1. The van der Waals surface area contributed by atoms with Gasteiger partial charge in [-0.1, -0.05) is 51.1 Å². The predicted octanol–water partition coefficient (Wildman–Crippen LogP) is 3.15. The molecule has 0 heterocycles. The summed E-state index contributed by atoms with van der Waals surface area (Å²) in [4.78, 5) is 2.45. The van der Waals surface area contributed by atoms with E-state index in [4.69, 9.17) is 5.73 Å². The lowest BCUT2D eigenvalue weighted by atomic mass is 10.1. The second-order valence-electron chi connectivity index (χ2n) is 4.54. The Labute approximate surface area is 116 Å². The molecule has 1 aromatic rings. The van der Waals surface area contributed by atoms with E-state index in [1.807, 2.05) is 17.8 Å². The molecule has 2 N–H and O–H groups in total. The highest BCUT2D eigenvalue weighted by Crippen LogP contribution is 2.24. The van der Waals surface area contributed by atoms with Crippen molar-refractivity contribution in [3.63, 3.8) is 0 Å². The van der Waals surface area contributed by atoms with Gasteiger partial charge in [-0.05, 0) is 18.7 Å². The second-order valence-corrected chi connectivity index (χ2v) is 6.02. The standard InChI is InChI=1S/C15H26N2S/c1-4-17(5-2)11-12-18-13(3)15(16)14-9-7-6-8-10-14/h6-10,13,15H,4-5,11-12,16H2,1-3H3. The van der Waals surface area contributed by atoms with E-state index in [2.05, 4.69) is 49.9 Å². The summed E-state index contributed by atoms with van der Waals surface area (Å²) in [5.41, 5.74) is 7.52. The molecule has 2 nitrogen and oxygen atoms in total. The van der Waals surface area contributed by atoms with E-state index >= 15 is 0 Å². The summed E-state index contributed by atoms with van der Waals surface area (Å²) < 4.78 is 0. The molecular formula is C15H26N2S. The maximum Gasteiger partial charge on any atom is 0.0412 e. The van der Waals surface area contributed by atoms with Gasteiger partial charge >= 0.3 is 0 Å². The molecule has 0 bridgehead atoms. The minimum atomic E-state index is 0.132. The molecule has 0 amide bonds. The topological polar surface area (TPSA) is 29.3 Å². The van der Waals surface area contributed by atoms with E-state index in [9.17, 15) is 0 Å². The van der Waals surface area contributed by atoms with E-state index in [0.29, 0.717) is 5.25 Å². The number of thioether (sulfide) groups is 1. The Bertz CT molecular complexity index is 312. The molecule has 1 rings (SSSR count). The van der Waals surface area contributed by atoms with E-state index in [1.54, 1.807) is 0 Å². The van der Waals surface area contributed by atoms with Crippen molar-refractivity contribution in [2.45, 2.75) is 32.1 Å². The summed E-state index contributed by atoms with van der Waals surface area (Å²) in [5, 5.41) is 0.461. The average molecular weight is 266 g/mol. The van der Waals surface area contributed by atoms with E-state index in [-0.39, 0.29) is 6.04 Å². The Morgan fingerprint density at radius 1 is 1.17 bits per heavy atom.